The van der Waals surface area contributed by atoms with Gasteiger partial charge in [-0.15, -0.1) is 0 Å². The number of ether oxygens (including phenoxy) is 1. The van der Waals surface area contributed by atoms with Crippen molar-refractivity contribution in [1.82, 2.24) is 19.6 Å². The lowest BCUT2D eigenvalue weighted by molar-refractivity contribution is -0.165. The second kappa shape index (κ2) is 12.7. The Balaban J connectivity index is 2.16. The fourth-order valence-corrected chi connectivity index (χ4v) is 3.37. The van der Waals surface area contributed by atoms with Crippen molar-refractivity contribution < 1.29 is 27.8 Å². The molecule has 1 unspecified atom stereocenters. The Labute approximate surface area is 207 Å². The van der Waals surface area contributed by atoms with Crippen molar-refractivity contribution in [2.24, 2.45) is 4.99 Å². The summed E-state index contributed by atoms with van der Waals surface area (Å²) in [6, 6.07) is 4.21. The summed E-state index contributed by atoms with van der Waals surface area (Å²) in [7, 11) is 0. The maximum Gasteiger partial charge on any atom is 0.416 e. The van der Waals surface area contributed by atoms with Gasteiger partial charge in [0.25, 0.3) is 0 Å². The summed E-state index contributed by atoms with van der Waals surface area (Å²) >= 11 is 5.51. The van der Waals surface area contributed by atoms with E-state index in [4.69, 9.17) is 16.3 Å². The Hall–Kier alpha value is -2.89. The van der Waals surface area contributed by atoms with E-state index in [1.165, 1.54) is 21.8 Å². The van der Waals surface area contributed by atoms with Crippen LogP contribution in [0.1, 0.15) is 43.9 Å². The maximum atomic E-state index is 13.0. The first-order valence-corrected chi connectivity index (χ1v) is 11.4. The topological polar surface area (TPSA) is 83.2 Å². The second-order valence-corrected chi connectivity index (χ2v) is 7.78. The number of rotatable bonds is 11. The smallest absolute Gasteiger partial charge is 0.351 e. The Morgan fingerprint density at radius 3 is 2.69 bits per heavy atom. The fraction of sp³-hybridized carbons (Fsp3) is 0.435. The van der Waals surface area contributed by atoms with Crippen LogP contribution in [0.5, 0.6) is 0 Å². The number of urea groups is 1. The van der Waals surface area contributed by atoms with Crippen molar-refractivity contribution in [3.05, 3.63) is 65.7 Å². The summed E-state index contributed by atoms with van der Waals surface area (Å²) in [4.78, 5) is 19.8. The lowest BCUT2D eigenvalue weighted by Crippen LogP contribution is -2.49. The minimum Gasteiger partial charge on any atom is -0.351 e. The van der Waals surface area contributed by atoms with Gasteiger partial charge < -0.3 is 9.84 Å². The monoisotopic (exact) mass is 515 g/mol. The van der Waals surface area contributed by atoms with Crippen LogP contribution in [0.4, 0.5) is 18.0 Å². The largest absolute Gasteiger partial charge is 0.416 e. The van der Waals surface area contributed by atoms with Gasteiger partial charge in [0.2, 0.25) is 6.41 Å². The Morgan fingerprint density at radius 2 is 2.09 bits per heavy atom. The van der Waals surface area contributed by atoms with E-state index in [1.54, 1.807) is 26.1 Å². The van der Waals surface area contributed by atoms with Crippen molar-refractivity contribution in [2.45, 2.75) is 46.3 Å². The third-order valence-corrected chi connectivity index (χ3v) is 5.12. The molecule has 2 rings (SSSR count). The minimum atomic E-state index is -4.42. The standard InChI is InChI=1S/C23H29ClF3N5O3/c1-5-10-32(22(34)35-15-24)21(33)31(6-2)17(4)29-16(3)19-12-28-30(14-19)13-18-8-7-9-20(11-18)23(25,26)27/h7-9,11-12,14,22,34H,4-6,10,13,15H2,1-3H3/b29-16+. The zero-order valence-corrected chi connectivity index (χ0v) is 20.6. The van der Waals surface area contributed by atoms with E-state index in [9.17, 15) is 23.1 Å². The van der Waals surface area contributed by atoms with Gasteiger partial charge in [-0.25, -0.2) is 9.79 Å². The molecule has 8 nitrogen and oxygen atoms in total. The molecule has 0 bridgehead atoms. The highest BCUT2D eigenvalue weighted by Crippen LogP contribution is 2.29. The molecule has 0 fully saturated rings. The van der Waals surface area contributed by atoms with Gasteiger partial charge in [-0.3, -0.25) is 14.5 Å². The van der Waals surface area contributed by atoms with Crippen molar-refractivity contribution in [3.8, 4) is 0 Å². The number of aliphatic hydroxyl groups is 1. The van der Waals surface area contributed by atoms with Gasteiger partial charge in [-0.2, -0.15) is 18.3 Å². The maximum absolute atomic E-state index is 13.0. The highest BCUT2D eigenvalue weighted by Gasteiger charge is 2.30. The third-order valence-electron chi connectivity index (χ3n) is 4.99. The highest BCUT2D eigenvalue weighted by atomic mass is 35.5. The summed E-state index contributed by atoms with van der Waals surface area (Å²) in [5, 5.41) is 14.3. The summed E-state index contributed by atoms with van der Waals surface area (Å²) < 4.78 is 45.3. The number of carbonyl (C=O) groups is 1. The number of hydrogen-bond donors (Lipinski definition) is 1. The van der Waals surface area contributed by atoms with Crippen molar-refractivity contribution >= 4 is 23.3 Å². The first-order valence-electron chi connectivity index (χ1n) is 10.9. The number of aliphatic hydroxyl groups excluding tert-OH is 1. The Morgan fingerprint density at radius 1 is 1.37 bits per heavy atom. The second-order valence-electron chi connectivity index (χ2n) is 7.56. The van der Waals surface area contributed by atoms with Crippen LogP contribution in [0.15, 0.2) is 54.1 Å². The van der Waals surface area contributed by atoms with Crippen LogP contribution in [0.2, 0.25) is 0 Å². The van der Waals surface area contributed by atoms with Gasteiger partial charge in [0.05, 0.1) is 24.0 Å². The number of hydrogen-bond acceptors (Lipinski definition) is 5. The van der Waals surface area contributed by atoms with Crippen molar-refractivity contribution in [1.29, 1.82) is 0 Å². The molecule has 192 valence electrons. The lowest BCUT2D eigenvalue weighted by Gasteiger charge is -2.32. The van der Waals surface area contributed by atoms with Crippen LogP contribution < -0.4 is 0 Å². The van der Waals surface area contributed by atoms with Crippen LogP contribution >= 0.6 is 11.6 Å². The van der Waals surface area contributed by atoms with E-state index < -0.39 is 24.2 Å². The number of amides is 2. The average molecular weight is 516 g/mol. The van der Waals surface area contributed by atoms with E-state index in [0.717, 1.165) is 17.0 Å². The molecule has 0 spiro atoms. The van der Waals surface area contributed by atoms with E-state index in [2.05, 4.69) is 16.7 Å². The van der Waals surface area contributed by atoms with Gasteiger partial charge in [0.1, 0.15) is 11.9 Å². The summed E-state index contributed by atoms with van der Waals surface area (Å²) in [5.41, 5.74) is 0.832. The van der Waals surface area contributed by atoms with Gasteiger partial charge in [-0.1, -0.05) is 37.2 Å². The van der Waals surface area contributed by atoms with Crippen LogP contribution in [-0.4, -0.2) is 62.0 Å². The number of aliphatic imine (C=N–C) groups is 1. The molecule has 35 heavy (non-hydrogen) atoms. The Bertz CT molecular complexity index is 1040. The predicted octanol–water partition coefficient (Wildman–Crippen LogP) is 4.87. The van der Waals surface area contributed by atoms with Gasteiger partial charge >= 0.3 is 12.2 Å². The van der Waals surface area contributed by atoms with Crippen LogP contribution in [-0.2, 0) is 17.5 Å². The van der Waals surface area contributed by atoms with Crippen molar-refractivity contribution in [2.75, 3.05) is 19.2 Å². The highest BCUT2D eigenvalue weighted by molar-refractivity contribution is 6.17. The van der Waals surface area contributed by atoms with Gasteiger partial charge in [-0.05, 0) is 38.0 Å². The molecular weight excluding hydrogens is 487 g/mol. The van der Waals surface area contributed by atoms with E-state index in [0.29, 0.717) is 23.3 Å². The zero-order valence-electron chi connectivity index (χ0n) is 19.8. The molecule has 1 N–H and O–H groups in total. The Kier molecular flexibility index (Phi) is 10.3. The van der Waals surface area contributed by atoms with E-state index >= 15 is 0 Å². The summed E-state index contributed by atoms with van der Waals surface area (Å²) in [6.07, 6.45) is -2.19. The molecule has 0 saturated heterocycles. The number of nitrogens with zero attached hydrogens (tertiary/aromatic N) is 5. The summed E-state index contributed by atoms with van der Waals surface area (Å²) in [5.74, 6) is 0.139. The summed E-state index contributed by atoms with van der Waals surface area (Å²) in [6.45, 7) is 9.76. The molecule has 2 aromatic rings. The van der Waals surface area contributed by atoms with Crippen LogP contribution in [0.3, 0.4) is 0 Å². The predicted molar refractivity (Wildman–Crippen MR) is 127 cm³/mol. The number of benzene rings is 1. The lowest BCUT2D eigenvalue weighted by atomic mass is 10.1. The van der Waals surface area contributed by atoms with Crippen LogP contribution in [0, 0.1) is 0 Å². The molecule has 12 heteroatoms. The molecule has 2 amide bonds. The molecule has 1 aromatic carbocycles. The SMILES string of the molecule is C=C(/N=C(\C)c1cnn(Cc2cccc(C(F)(F)F)c2)c1)N(CC)C(=O)N(CCC)C(O)OCCl. The normalized spacial score (nSPS) is 13.0. The molecule has 0 radical (unpaired) electrons. The average Bonchev–Trinajstić information content (AvgIpc) is 3.26. The van der Waals surface area contributed by atoms with Crippen molar-refractivity contribution in [3.63, 3.8) is 0 Å². The van der Waals surface area contributed by atoms with E-state index in [1.807, 2.05) is 6.92 Å². The fourth-order valence-electron chi connectivity index (χ4n) is 3.26. The van der Waals surface area contributed by atoms with Gasteiger partial charge in [0.15, 0.2) is 0 Å². The van der Waals surface area contributed by atoms with Crippen LogP contribution in [0.25, 0.3) is 0 Å². The van der Waals surface area contributed by atoms with E-state index in [-0.39, 0.29) is 31.5 Å². The molecule has 1 aromatic heterocycles. The first-order chi connectivity index (χ1) is 16.5. The third kappa shape index (κ3) is 7.81. The molecule has 1 atom stereocenters. The van der Waals surface area contributed by atoms with Gasteiger partial charge in [0, 0.05) is 24.8 Å². The zero-order chi connectivity index (χ0) is 26.2. The number of alkyl halides is 4. The molecule has 0 saturated carbocycles. The molecule has 0 aliphatic heterocycles. The molecule has 0 aliphatic carbocycles. The molecular formula is C23H29ClF3N5O3. The minimum absolute atomic E-state index is 0.139. The first kappa shape index (κ1) is 28.3. The quantitative estimate of drug-likeness (QED) is 0.263. The molecule has 1 heterocycles. The number of halogens is 4. The number of carbonyl (C=O) groups excluding carboxylic acids is 1. The number of aromatic nitrogens is 2. The molecule has 0 aliphatic rings.